The maximum absolute atomic E-state index is 5.69. The minimum absolute atomic E-state index is 0.262. The van der Waals surface area contributed by atoms with Gasteiger partial charge >= 0.3 is 0 Å². The van der Waals surface area contributed by atoms with Gasteiger partial charge in [0.15, 0.2) is 5.79 Å². The monoisotopic (exact) mass is 220 g/mol. The average molecular weight is 220 g/mol. The molecule has 2 fully saturated rings. The van der Waals surface area contributed by atoms with Crippen molar-refractivity contribution in [3.63, 3.8) is 0 Å². The van der Waals surface area contributed by atoms with Gasteiger partial charge in [0.2, 0.25) is 0 Å². The lowest BCUT2D eigenvalue weighted by molar-refractivity contribution is -0.171. The van der Waals surface area contributed by atoms with Gasteiger partial charge in [-0.2, -0.15) is 0 Å². The second-order valence-corrected chi connectivity index (χ2v) is 4.74. The first-order valence-electron chi connectivity index (χ1n) is 6.00. The van der Waals surface area contributed by atoms with Crippen molar-refractivity contribution in [3.8, 4) is 0 Å². The molecule has 2 nitrogen and oxygen atoms in total. The van der Waals surface area contributed by atoms with Crippen molar-refractivity contribution in [1.82, 2.24) is 0 Å². The SMILES string of the molecule is C=C(C)C(C)=C=C1CCC2(CC1)OCCO2. The molecule has 0 radical (unpaired) electrons. The summed E-state index contributed by atoms with van der Waals surface area (Å²) in [5, 5.41) is 0. The fraction of sp³-hybridized carbons (Fsp3) is 0.643. The van der Waals surface area contributed by atoms with Crippen molar-refractivity contribution in [2.75, 3.05) is 13.2 Å². The quantitative estimate of drug-likeness (QED) is 0.498. The third-order valence-corrected chi connectivity index (χ3v) is 3.43. The smallest absolute Gasteiger partial charge is 0.169 e. The molecule has 2 rings (SSSR count). The van der Waals surface area contributed by atoms with E-state index in [1.807, 2.05) is 6.92 Å². The van der Waals surface area contributed by atoms with E-state index in [0.29, 0.717) is 0 Å². The van der Waals surface area contributed by atoms with Gasteiger partial charge in [-0.15, -0.1) is 5.73 Å². The number of allylic oxidation sites excluding steroid dienone is 2. The standard InChI is InChI=1S/C14H20O2/c1-11(2)12(3)10-13-4-6-14(7-5-13)15-8-9-16-14/h1,4-9H2,2-3H3. The zero-order valence-electron chi connectivity index (χ0n) is 10.3. The van der Waals surface area contributed by atoms with E-state index in [4.69, 9.17) is 9.47 Å². The van der Waals surface area contributed by atoms with E-state index in [9.17, 15) is 0 Å². The van der Waals surface area contributed by atoms with E-state index in [1.54, 1.807) is 0 Å². The summed E-state index contributed by atoms with van der Waals surface area (Å²) in [6.07, 6.45) is 4.01. The molecule has 0 aromatic rings. The average Bonchev–Trinajstić information content (AvgIpc) is 2.70. The van der Waals surface area contributed by atoms with E-state index in [-0.39, 0.29) is 5.79 Å². The molecule has 1 aliphatic heterocycles. The van der Waals surface area contributed by atoms with Crippen LogP contribution in [0.4, 0.5) is 0 Å². The summed E-state index contributed by atoms with van der Waals surface area (Å²) >= 11 is 0. The first-order valence-corrected chi connectivity index (χ1v) is 6.00. The van der Waals surface area contributed by atoms with Crippen LogP contribution in [-0.2, 0) is 9.47 Å². The van der Waals surface area contributed by atoms with E-state index in [2.05, 4.69) is 19.2 Å². The van der Waals surface area contributed by atoms with Gasteiger partial charge in [0.1, 0.15) is 0 Å². The minimum Gasteiger partial charge on any atom is -0.348 e. The van der Waals surface area contributed by atoms with Crippen LogP contribution in [0.1, 0.15) is 39.5 Å². The summed E-state index contributed by atoms with van der Waals surface area (Å²) in [6, 6.07) is 0. The van der Waals surface area contributed by atoms with Crippen LogP contribution in [-0.4, -0.2) is 19.0 Å². The molecule has 2 heteroatoms. The van der Waals surface area contributed by atoms with Crippen molar-refractivity contribution in [1.29, 1.82) is 0 Å². The van der Waals surface area contributed by atoms with Gasteiger partial charge in [-0.25, -0.2) is 0 Å². The van der Waals surface area contributed by atoms with Crippen LogP contribution in [0.15, 0.2) is 29.0 Å². The lowest BCUT2D eigenvalue weighted by Crippen LogP contribution is -2.32. The van der Waals surface area contributed by atoms with Crippen molar-refractivity contribution in [2.24, 2.45) is 0 Å². The van der Waals surface area contributed by atoms with Gasteiger partial charge in [0.05, 0.1) is 13.2 Å². The van der Waals surface area contributed by atoms with Crippen LogP contribution in [0.5, 0.6) is 0 Å². The van der Waals surface area contributed by atoms with E-state index in [0.717, 1.165) is 44.5 Å². The van der Waals surface area contributed by atoms with Gasteiger partial charge in [0.25, 0.3) is 0 Å². The molecule has 0 atom stereocenters. The Morgan fingerprint density at radius 2 is 1.75 bits per heavy atom. The molecule has 1 saturated heterocycles. The Kier molecular flexibility index (Phi) is 3.34. The molecule has 0 N–H and O–H groups in total. The van der Waals surface area contributed by atoms with Gasteiger partial charge in [0, 0.05) is 12.8 Å². The summed E-state index contributed by atoms with van der Waals surface area (Å²) in [6.45, 7) is 9.52. The highest BCUT2D eigenvalue weighted by atomic mass is 16.7. The summed E-state index contributed by atoms with van der Waals surface area (Å²) in [5.41, 5.74) is 7.09. The maximum Gasteiger partial charge on any atom is 0.169 e. The maximum atomic E-state index is 5.69. The largest absolute Gasteiger partial charge is 0.348 e. The first kappa shape index (κ1) is 11.7. The summed E-state index contributed by atoms with van der Waals surface area (Å²) in [7, 11) is 0. The minimum atomic E-state index is -0.262. The Balaban J connectivity index is 2.05. The molecule has 16 heavy (non-hydrogen) atoms. The molecule has 0 aromatic heterocycles. The van der Waals surface area contributed by atoms with Gasteiger partial charge in [-0.3, -0.25) is 0 Å². The van der Waals surface area contributed by atoms with Crippen LogP contribution < -0.4 is 0 Å². The molecule has 0 amide bonds. The third-order valence-electron chi connectivity index (χ3n) is 3.43. The first-order chi connectivity index (χ1) is 7.61. The van der Waals surface area contributed by atoms with Crippen molar-refractivity contribution >= 4 is 0 Å². The zero-order chi connectivity index (χ0) is 11.6. The number of hydrogen-bond donors (Lipinski definition) is 0. The Labute approximate surface area is 97.6 Å². The Morgan fingerprint density at radius 3 is 2.25 bits per heavy atom. The van der Waals surface area contributed by atoms with E-state index in [1.165, 1.54) is 11.1 Å². The molecule has 1 heterocycles. The summed E-state index contributed by atoms with van der Waals surface area (Å²) in [4.78, 5) is 0. The van der Waals surface area contributed by atoms with E-state index >= 15 is 0 Å². The third kappa shape index (κ3) is 2.46. The molecule has 0 bridgehead atoms. The van der Waals surface area contributed by atoms with Crippen LogP contribution >= 0.6 is 0 Å². The molecular formula is C14H20O2. The highest BCUT2D eigenvalue weighted by molar-refractivity contribution is 5.25. The fourth-order valence-corrected chi connectivity index (χ4v) is 2.22. The predicted molar refractivity (Wildman–Crippen MR) is 64.1 cm³/mol. The molecule has 88 valence electrons. The topological polar surface area (TPSA) is 18.5 Å². The molecule has 1 saturated carbocycles. The number of rotatable bonds is 1. The predicted octanol–water partition coefficient (Wildman–Crippen LogP) is 3.35. The normalized spacial score (nSPS) is 23.2. The molecule has 2 aliphatic rings. The number of ether oxygens (including phenoxy) is 2. The van der Waals surface area contributed by atoms with Crippen LogP contribution in [0.3, 0.4) is 0 Å². The highest BCUT2D eigenvalue weighted by Crippen LogP contribution is 2.37. The van der Waals surface area contributed by atoms with E-state index < -0.39 is 0 Å². The second kappa shape index (κ2) is 4.58. The highest BCUT2D eigenvalue weighted by Gasteiger charge is 2.38. The van der Waals surface area contributed by atoms with Gasteiger partial charge in [-0.1, -0.05) is 6.58 Å². The second-order valence-electron chi connectivity index (χ2n) is 4.74. The van der Waals surface area contributed by atoms with Gasteiger partial charge in [-0.05, 0) is 43.4 Å². The Morgan fingerprint density at radius 1 is 1.19 bits per heavy atom. The van der Waals surface area contributed by atoms with Crippen molar-refractivity contribution in [3.05, 3.63) is 29.0 Å². The molecule has 1 aliphatic carbocycles. The molecular weight excluding hydrogens is 200 g/mol. The van der Waals surface area contributed by atoms with Gasteiger partial charge < -0.3 is 9.47 Å². The molecule has 0 unspecified atom stereocenters. The summed E-state index contributed by atoms with van der Waals surface area (Å²) < 4.78 is 11.4. The van der Waals surface area contributed by atoms with Crippen LogP contribution in [0, 0.1) is 0 Å². The lowest BCUT2D eigenvalue weighted by Gasteiger charge is -2.31. The molecule has 0 aromatic carbocycles. The molecule has 1 spiro atoms. The van der Waals surface area contributed by atoms with Crippen LogP contribution in [0.25, 0.3) is 0 Å². The van der Waals surface area contributed by atoms with Crippen LogP contribution in [0.2, 0.25) is 0 Å². The van der Waals surface area contributed by atoms with Crippen molar-refractivity contribution in [2.45, 2.75) is 45.3 Å². The Bertz CT molecular complexity index is 341. The van der Waals surface area contributed by atoms with Crippen molar-refractivity contribution < 1.29 is 9.47 Å². The fourth-order valence-electron chi connectivity index (χ4n) is 2.22. The number of hydrogen-bond acceptors (Lipinski definition) is 2. The summed E-state index contributed by atoms with van der Waals surface area (Å²) in [5.74, 6) is -0.262. The Hall–Kier alpha value is -0.820. The lowest BCUT2D eigenvalue weighted by atomic mass is 9.89. The zero-order valence-corrected chi connectivity index (χ0v) is 10.3.